The molecule has 0 atom stereocenters. The normalized spacial score (nSPS) is 11.9. The largest absolute Gasteiger partial charge is 0.493 e. The first kappa shape index (κ1) is 19.5. The Bertz CT molecular complexity index is 780. The van der Waals surface area contributed by atoms with E-state index in [1.165, 1.54) is 19.6 Å². The number of quaternary nitrogens is 1. The van der Waals surface area contributed by atoms with Crippen molar-refractivity contribution in [2.45, 2.75) is 48.0 Å². The van der Waals surface area contributed by atoms with E-state index in [9.17, 15) is 4.79 Å². The zero-order valence-electron chi connectivity index (χ0n) is 16.7. The van der Waals surface area contributed by atoms with Crippen LogP contribution in [0.1, 0.15) is 43.9 Å². The van der Waals surface area contributed by atoms with Crippen LogP contribution in [0.3, 0.4) is 0 Å². The second-order valence-electron chi connectivity index (χ2n) is 7.03. The van der Waals surface area contributed by atoms with Gasteiger partial charge in [0.15, 0.2) is 0 Å². The van der Waals surface area contributed by atoms with Crippen LogP contribution in [-0.4, -0.2) is 42.3 Å². The van der Waals surface area contributed by atoms with E-state index >= 15 is 0 Å². The second-order valence-corrected chi connectivity index (χ2v) is 7.03. The first-order chi connectivity index (χ1) is 11.9. The number of ether oxygens (including phenoxy) is 1. The highest BCUT2D eigenvalue weighted by atomic mass is 16.5. The number of aryl methyl sites for hydroxylation is 2. The molecule has 1 heterocycles. The zero-order valence-corrected chi connectivity index (χ0v) is 16.7. The number of nitrogens with zero attached hydrogens (tertiary/aromatic N) is 1. The lowest BCUT2D eigenvalue weighted by Crippen LogP contribution is -2.48. The molecule has 0 spiro atoms. The number of rotatable bonds is 8. The van der Waals surface area contributed by atoms with Crippen molar-refractivity contribution >= 4 is 10.9 Å². The monoisotopic (exact) mass is 345 g/mol. The Balaban J connectivity index is 2.14. The quantitative estimate of drug-likeness (QED) is 0.578. The summed E-state index contributed by atoms with van der Waals surface area (Å²) in [5.74, 6) is 0.869. The van der Waals surface area contributed by atoms with E-state index in [4.69, 9.17) is 4.74 Å². The van der Waals surface area contributed by atoms with Crippen molar-refractivity contribution in [2.75, 3.05) is 32.8 Å². The van der Waals surface area contributed by atoms with Crippen LogP contribution in [0.15, 0.2) is 16.9 Å². The minimum absolute atomic E-state index is 0.0128. The Morgan fingerprint density at radius 1 is 0.960 bits per heavy atom. The predicted molar refractivity (Wildman–Crippen MR) is 106 cm³/mol. The van der Waals surface area contributed by atoms with Crippen LogP contribution in [0.25, 0.3) is 10.9 Å². The van der Waals surface area contributed by atoms with E-state index in [1.54, 1.807) is 0 Å². The summed E-state index contributed by atoms with van der Waals surface area (Å²) in [7, 11) is 0. The standard InChI is InChI=1S/C21H32N2O2/c1-7-23(8-2,9-3)13-10-14-25-19-12-11-18-15(4)16(5)21(24)22-20(18)17(19)6/h11-12H,7-10,13-14H2,1-6H3/p+1. The van der Waals surface area contributed by atoms with Crippen molar-refractivity contribution in [3.8, 4) is 5.75 Å². The third kappa shape index (κ3) is 3.90. The number of pyridine rings is 1. The highest BCUT2D eigenvalue weighted by Crippen LogP contribution is 2.27. The third-order valence-electron chi connectivity index (χ3n) is 6.01. The molecule has 0 saturated heterocycles. The molecule has 2 aromatic rings. The molecule has 4 nitrogen and oxygen atoms in total. The first-order valence-electron chi connectivity index (χ1n) is 9.49. The second kappa shape index (κ2) is 8.05. The van der Waals surface area contributed by atoms with E-state index < -0.39 is 0 Å². The molecular formula is C21H33N2O2+. The minimum atomic E-state index is -0.0128. The van der Waals surface area contributed by atoms with Crippen molar-refractivity contribution in [1.29, 1.82) is 0 Å². The Morgan fingerprint density at radius 2 is 1.60 bits per heavy atom. The van der Waals surface area contributed by atoms with Crippen molar-refractivity contribution in [1.82, 2.24) is 4.98 Å². The van der Waals surface area contributed by atoms with Gasteiger partial charge in [-0.1, -0.05) is 0 Å². The summed E-state index contributed by atoms with van der Waals surface area (Å²) >= 11 is 0. The molecule has 2 rings (SSSR count). The fraction of sp³-hybridized carbons (Fsp3) is 0.571. The molecular weight excluding hydrogens is 312 g/mol. The molecule has 0 saturated carbocycles. The number of fused-ring (bicyclic) bond motifs is 1. The van der Waals surface area contributed by atoms with Gasteiger partial charge in [0.05, 0.1) is 38.3 Å². The minimum Gasteiger partial charge on any atom is -0.493 e. The molecule has 1 aromatic carbocycles. The molecule has 4 heteroatoms. The van der Waals surface area contributed by atoms with E-state index in [1.807, 2.05) is 26.8 Å². The van der Waals surface area contributed by atoms with Gasteiger partial charge in [0.1, 0.15) is 5.75 Å². The van der Waals surface area contributed by atoms with Crippen molar-refractivity contribution < 1.29 is 9.22 Å². The molecule has 0 aliphatic carbocycles. The molecule has 1 aromatic heterocycles. The van der Waals surface area contributed by atoms with Gasteiger partial charge in [0.25, 0.3) is 5.56 Å². The van der Waals surface area contributed by atoms with Crippen LogP contribution in [0.5, 0.6) is 5.75 Å². The summed E-state index contributed by atoms with van der Waals surface area (Å²) < 4.78 is 7.20. The van der Waals surface area contributed by atoms with Gasteiger partial charge in [-0.3, -0.25) is 4.79 Å². The molecule has 0 unspecified atom stereocenters. The maximum atomic E-state index is 12.1. The fourth-order valence-corrected chi connectivity index (χ4v) is 3.63. The van der Waals surface area contributed by atoms with Crippen molar-refractivity contribution in [3.63, 3.8) is 0 Å². The average molecular weight is 346 g/mol. The zero-order chi connectivity index (χ0) is 18.6. The summed E-state index contributed by atoms with van der Waals surface area (Å²) in [5.41, 5.74) is 3.73. The van der Waals surface area contributed by atoms with E-state index in [2.05, 4.69) is 31.8 Å². The van der Waals surface area contributed by atoms with E-state index in [0.717, 1.165) is 50.8 Å². The van der Waals surface area contributed by atoms with Crippen molar-refractivity contribution in [2.24, 2.45) is 0 Å². The lowest BCUT2D eigenvalue weighted by atomic mass is 10.0. The average Bonchev–Trinajstić information content (AvgIpc) is 2.63. The molecule has 0 amide bonds. The summed E-state index contributed by atoms with van der Waals surface area (Å²) in [4.78, 5) is 15.1. The lowest BCUT2D eigenvalue weighted by molar-refractivity contribution is -0.923. The van der Waals surface area contributed by atoms with Crippen LogP contribution in [0.2, 0.25) is 0 Å². The molecule has 0 aliphatic heterocycles. The van der Waals surface area contributed by atoms with Crippen LogP contribution < -0.4 is 10.3 Å². The number of nitrogens with one attached hydrogen (secondary N) is 1. The number of hydrogen-bond donors (Lipinski definition) is 1. The summed E-state index contributed by atoms with van der Waals surface area (Å²) in [5, 5.41) is 1.10. The van der Waals surface area contributed by atoms with Gasteiger partial charge in [0.2, 0.25) is 0 Å². The fourth-order valence-electron chi connectivity index (χ4n) is 3.63. The Labute approximate surface area is 151 Å². The van der Waals surface area contributed by atoms with Crippen LogP contribution in [0, 0.1) is 20.8 Å². The number of benzene rings is 1. The highest BCUT2D eigenvalue weighted by molar-refractivity contribution is 5.87. The van der Waals surface area contributed by atoms with E-state index in [-0.39, 0.29) is 5.56 Å². The summed E-state index contributed by atoms with van der Waals surface area (Å²) in [6.07, 6.45) is 1.04. The van der Waals surface area contributed by atoms with Crippen LogP contribution in [-0.2, 0) is 0 Å². The molecule has 0 fully saturated rings. The lowest BCUT2D eigenvalue weighted by Gasteiger charge is -2.35. The Kier molecular flexibility index (Phi) is 6.28. The maximum Gasteiger partial charge on any atom is 0.251 e. The number of hydrogen-bond acceptors (Lipinski definition) is 2. The summed E-state index contributed by atoms with van der Waals surface area (Å²) in [6.45, 7) is 18.1. The Morgan fingerprint density at radius 3 is 2.20 bits per heavy atom. The molecule has 1 N–H and O–H groups in total. The molecule has 0 radical (unpaired) electrons. The van der Waals surface area contributed by atoms with Gasteiger partial charge in [0, 0.05) is 22.9 Å². The summed E-state index contributed by atoms with van der Waals surface area (Å²) in [6, 6.07) is 4.09. The van der Waals surface area contributed by atoms with Gasteiger partial charge in [-0.25, -0.2) is 0 Å². The maximum absolute atomic E-state index is 12.1. The number of aromatic nitrogens is 1. The van der Waals surface area contributed by atoms with Gasteiger partial charge in [-0.05, 0) is 59.2 Å². The highest BCUT2D eigenvalue weighted by Gasteiger charge is 2.20. The number of aromatic amines is 1. The van der Waals surface area contributed by atoms with Crippen LogP contribution >= 0.6 is 0 Å². The van der Waals surface area contributed by atoms with Gasteiger partial charge < -0.3 is 14.2 Å². The number of H-pyrrole nitrogens is 1. The molecule has 138 valence electrons. The third-order valence-corrected chi connectivity index (χ3v) is 6.01. The van der Waals surface area contributed by atoms with E-state index in [0.29, 0.717) is 6.61 Å². The topological polar surface area (TPSA) is 42.1 Å². The van der Waals surface area contributed by atoms with Gasteiger partial charge >= 0.3 is 0 Å². The predicted octanol–water partition coefficient (Wildman–Crippen LogP) is 4.10. The smallest absolute Gasteiger partial charge is 0.251 e. The first-order valence-corrected chi connectivity index (χ1v) is 9.49. The van der Waals surface area contributed by atoms with Crippen LogP contribution in [0.4, 0.5) is 0 Å². The molecule has 0 bridgehead atoms. The van der Waals surface area contributed by atoms with Crippen molar-refractivity contribution in [3.05, 3.63) is 39.2 Å². The van der Waals surface area contributed by atoms with Gasteiger partial charge in [-0.2, -0.15) is 0 Å². The SMILES string of the molecule is CC[N+](CC)(CC)CCCOc1ccc2c(C)c(C)c(=O)[nH]c2c1C. The Hall–Kier alpha value is -1.81. The molecule has 25 heavy (non-hydrogen) atoms. The van der Waals surface area contributed by atoms with Gasteiger partial charge in [-0.15, -0.1) is 0 Å². The molecule has 0 aliphatic rings.